The number of carbonyl (C=O) groups excluding carboxylic acids is 2. The summed E-state index contributed by atoms with van der Waals surface area (Å²) >= 11 is 0. The number of amides is 3. The molecule has 0 aliphatic carbocycles. The fraction of sp³-hybridized carbons (Fsp3) is 0.400. The predicted octanol–water partition coefficient (Wildman–Crippen LogP) is 1.83. The average Bonchev–Trinajstić information content (AvgIpc) is 2.53. The largest absolute Gasteiger partial charge is 0.465 e. The first-order valence-corrected chi connectivity index (χ1v) is 7.05. The number of carboxylic acid groups (broad SMARTS) is 1. The zero-order valence-electron chi connectivity index (χ0n) is 12.0. The lowest BCUT2D eigenvalue weighted by Gasteiger charge is -2.30. The van der Waals surface area contributed by atoms with Crippen molar-refractivity contribution in [2.24, 2.45) is 5.92 Å². The number of hydrogen-bond acceptors (Lipinski definition) is 4. The first kappa shape index (κ1) is 15.8. The molecule has 0 spiro atoms. The Kier molecular flexibility index (Phi) is 5.35. The van der Waals surface area contributed by atoms with Crippen molar-refractivity contribution >= 4 is 18.1 Å². The lowest BCUT2D eigenvalue weighted by Crippen LogP contribution is -2.44. The number of piperidine rings is 1. The number of nitrogens with one attached hydrogen (secondary N) is 1. The quantitative estimate of drug-likeness (QED) is 0.888. The molecule has 2 N–H and O–H groups in total. The summed E-state index contributed by atoms with van der Waals surface area (Å²) in [7, 11) is 0. The second-order valence-corrected chi connectivity index (χ2v) is 5.10. The van der Waals surface area contributed by atoms with Crippen LogP contribution in [0.3, 0.4) is 0 Å². The van der Waals surface area contributed by atoms with Crippen molar-refractivity contribution in [1.29, 1.82) is 0 Å². The number of ether oxygens (including phenoxy) is 1. The van der Waals surface area contributed by atoms with E-state index < -0.39 is 18.1 Å². The highest BCUT2D eigenvalue weighted by molar-refractivity contribution is 5.92. The maximum absolute atomic E-state index is 11.9. The van der Waals surface area contributed by atoms with Gasteiger partial charge in [-0.15, -0.1) is 0 Å². The Balaban J connectivity index is 1.75. The molecule has 7 nitrogen and oxygen atoms in total. The van der Waals surface area contributed by atoms with Crippen LogP contribution in [-0.4, -0.2) is 41.2 Å². The van der Waals surface area contributed by atoms with Crippen LogP contribution in [0, 0.1) is 5.92 Å². The fourth-order valence-corrected chi connectivity index (χ4v) is 2.34. The minimum atomic E-state index is -1.35. The van der Waals surface area contributed by atoms with E-state index in [9.17, 15) is 14.4 Å². The molecule has 2 rings (SSSR count). The number of rotatable bonds is 3. The van der Waals surface area contributed by atoms with Crippen LogP contribution in [0.25, 0.3) is 0 Å². The molecule has 0 bridgehead atoms. The van der Waals surface area contributed by atoms with Crippen LogP contribution in [0.15, 0.2) is 30.3 Å². The third kappa shape index (κ3) is 4.47. The number of benzene rings is 1. The molecule has 118 valence electrons. The van der Waals surface area contributed by atoms with E-state index in [2.05, 4.69) is 0 Å². The van der Waals surface area contributed by atoms with E-state index >= 15 is 0 Å². The number of imide groups is 1. The van der Waals surface area contributed by atoms with Gasteiger partial charge in [-0.3, -0.25) is 10.1 Å². The third-order valence-corrected chi connectivity index (χ3v) is 3.56. The average molecular weight is 306 g/mol. The van der Waals surface area contributed by atoms with Crippen LogP contribution < -0.4 is 5.32 Å². The molecule has 0 radical (unpaired) electrons. The highest BCUT2D eigenvalue weighted by Crippen LogP contribution is 2.18. The molecule has 3 amide bonds. The topological polar surface area (TPSA) is 95.9 Å². The molecule has 1 aliphatic rings. The molecule has 1 fully saturated rings. The van der Waals surface area contributed by atoms with Crippen molar-refractivity contribution in [3.63, 3.8) is 0 Å². The molecule has 22 heavy (non-hydrogen) atoms. The maximum atomic E-state index is 11.9. The Bertz CT molecular complexity index is 538. The molecule has 1 aromatic rings. The van der Waals surface area contributed by atoms with Crippen LogP contribution in [-0.2, 0) is 16.1 Å². The van der Waals surface area contributed by atoms with Gasteiger partial charge >= 0.3 is 12.2 Å². The number of hydrogen-bond donors (Lipinski definition) is 2. The summed E-state index contributed by atoms with van der Waals surface area (Å²) in [6.07, 6.45) is -0.908. The van der Waals surface area contributed by atoms with Gasteiger partial charge in [-0.25, -0.2) is 9.59 Å². The molecule has 1 saturated heterocycles. The van der Waals surface area contributed by atoms with Crippen molar-refractivity contribution in [2.45, 2.75) is 19.4 Å². The van der Waals surface area contributed by atoms with Crippen molar-refractivity contribution < 1.29 is 24.2 Å². The first-order valence-electron chi connectivity index (χ1n) is 7.05. The van der Waals surface area contributed by atoms with Gasteiger partial charge in [0.15, 0.2) is 0 Å². The Morgan fingerprint density at radius 3 is 2.41 bits per heavy atom. The SMILES string of the molecule is O=C(O)NC(=O)C1CCN(C(=O)OCc2ccccc2)CC1. The Morgan fingerprint density at radius 2 is 1.82 bits per heavy atom. The summed E-state index contributed by atoms with van der Waals surface area (Å²) in [4.78, 5) is 35.5. The minimum Gasteiger partial charge on any atom is -0.465 e. The van der Waals surface area contributed by atoms with Gasteiger partial charge in [-0.05, 0) is 18.4 Å². The van der Waals surface area contributed by atoms with Gasteiger partial charge in [0.2, 0.25) is 5.91 Å². The highest BCUT2D eigenvalue weighted by Gasteiger charge is 2.28. The van der Waals surface area contributed by atoms with Gasteiger partial charge < -0.3 is 14.7 Å². The molecule has 0 atom stereocenters. The molecular weight excluding hydrogens is 288 g/mol. The molecule has 0 saturated carbocycles. The molecule has 1 heterocycles. The minimum absolute atomic E-state index is 0.207. The van der Waals surface area contributed by atoms with Crippen molar-refractivity contribution in [1.82, 2.24) is 10.2 Å². The molecule has 1 aliphatic heterocycles. The van der Waals surface area contributed by atoms with E-state index in [4.69, 9.17) is 9.84 Å². The number of nitrogens with zero attached hydrogens (tertiary/aromatic N) is 1. The third-order valence-electron chi connectivity index (χ3n) is 3.56. The van der Waals surface area contributed by atoms with Gasteiger partial charge in [0.1, 0.15) is 6.61 Å². The molecule has 0 unspecified atom stereocenters. The second kappa shape index (κ2) is 7.44. The molecule has 0 aromatic heterocycles. The van der Waals surface area contributed by atoms with Crippen LogP contribution in [0.1, 0.15) is 18.4 Å². The van der Waals surface area contributed by atoms with E-state index in [0.717, 1.165) is 5.56 Å². The summed E-state index contributed by atoms with van der Waals surface area (Å²) < 4.78 is 5.22. The van der Waals surface area contributed by atoms with E-state index in [1.807, 2.05) is 35.6 Å². The summed E-state index contributed by atoms with van der Waals surface area (Å²) in [6.45, 7) is 0.968. The van der Waals surface area contributed by atoms with Crippen molar-refractivity contribution in [3.8, 4) is 0 Å². The predicted molar refractivity (Wildman–Crippen MR) is 77.1 cm³/mol. The normalized spacial score (nSPS) is 15.2. The summed E-state index contributed by atoms with van der Waals surface area (Å²) in [5.41, 5.74) is 0.909. The Labute approximate surface area is 127 Å². The van der Waals surface area contributed by atoms with Gasteiger partial charge in [-0.1, -0.05) is 30.3 Å². The van der Waals surface area contributed by atoms with Crippen LogP contribution in [0.4, 0.5) is 9.59 Å². The van der Waals surface area contributed by atoms with E-state index in [1.54, 1.807) is 0 Å². The summed E-state index contributed by atoms with van der Waals surface area (Å²) in [6, 6.07) is 9.37. The van der Waals surface area contributed by atoms with Crippen LogP contribution >= 0.6 is 0 Å². The Morgan fingerprint density at radius 1 is 1.18 bits per heavy atom. The van der Waals surface area contributed by atoms with Crippen molar-refractivity contribution in [3.05, 3.63) is 35.9 Å². The monoisotopic (exact) mass is 306 g/mol. The fourth-order valence-electron chi connectivity index (χ4n) is 2.34. The molecule has 7 heteroatoms. The molecule has 1 aromatic carbocycles. The van der Waals surface area contributed by atoms with Gasteiger partial charge in [0.25, 0.3) is 0 Å². The number of carbonyl (C=O) groups is 3. The second-order valence-electron chi connectivity index (χ2n) is 5.10. The van der Waals surface area contributed by atoms with E-state index in [-0.39, 0.29) is 12.5 Å². The summed E-state index contributed by atoms with van der Waals surface area (Å²) in [5.74, 6) is -0.890. The van der Waals surface area contributed by atoms with E-state index in [1.165, 1.54) is 4.90 Å². The Hall–Kier alpha value is -2.57. The van der Waals surface area contributed by atoms with Gasteiger partial charge in [-0.2, -0.15) is 0 Å². The van der Waals surface area contributed by atoms with E-state index in [0.29, 0.717) is 25.9 Å². The van der Waals surface area contributed by atoms with Crippen LogP contribution in [0.2, 0.25) is 0 Å². The highest BCUT2D eigenvalue weighted by atomic mass is 16.6. The maximum Gasteiger partial charge on any atom is 0.411 e. The lowest BCUT2D eigenvalue weighted by molar-refractivity contribution is -0.125. The number of likely N-dealkylation sites (tertiary alicyclic amines) is 1. The zero-order chi connectivity index (χ0) is 15.9. The van der Waals surface area contributed by atoms with Crippen molar-refractivity contribution in [2.75, 3.05) is 13.1 Å². The van der Waals surface area contributed by atoms with Crippen LogP contribution in [0.5, 0.6) is 0 Å². The zero-order valence-corrected chi connectivity index (χ0v) is 12.0. The smallest absolute Gasteiger partial charge is 0.411 e. The standard InChI is InChI=1S/C15H18N2O5/c18-13(16-14(19)20)12-6-8-17(9-7-12)15(21)22-10-11-4-2-1-3-5-11/h1-5,12H,6-10H2,(H,16,18)(H,19,20). The van der Waals surface area contributed by atoms with Gasteiger partial charge in [0.05, 0.1) is 0 Å². The molecular formula is C15H18N2O5. The summed E-state index contributed by atoms with van der Waals surface area (Å²) in [5, 5.41) is 10.4. The first-order chi connectivity index (χ1) is 10.6. The van der Waals surface area contributed by atoms with Gasteiger partial charge in [0, 0.05) is 19.0 Å². The lowest BCUT2D eigenvalue weighted by atomic mass is 9.96.